The summed E-state index contributed by atoms with van der Waals surface area (Å²) in [6.45, 7) is 8.64. The summed E-state index contributed by atoms with van der Waals surface area (Å²) in [5.74, 6) is -1.34. The molecule has 0 saturated carbocycles. The number of benzene rings is 1. The van der Waals surface area contributed by atoms with Crippen molar-refractivity contribution in [3.8, 4) is 0 Å². The van der Waals surface area contributed by atoms with Crippen molar-refractivity contribution in [2.24, 2.45) is 5.41 Å². The van der Waals surface area contributed by atoms with Crippen LogP contribution in [0.15, 0.2) is 53.1 Å². The normalized spacial score (nSPS) is 15.6. The second-order valence-corrected chi connectivity index (χ2v) is 8.14. The Morgan fingerprint density at radius 2 is 1.73 bits per heavy atom. The maximum absolute atomic E-state index is 12.8. The smallest absolute Gasteiger partial charge is 0.328 e. The second-order valence-electron chi connectivity index (χ2n) is 8.14. The fraction of sp³-hybridized carbons (Fsp3) is 0.417. The molecule has 1 amide bonds. The van der Waals surface area contributed by atoms with E-state index >= 15 is 0 Å². The number of rotatable bonds is 8. The van der Waals surface area contributed by atoms with Crippen LogP contribution in [0.3, 0.4) is 0 Å². The highest BCUT2D eigenvalue weighted by atomic mass is 16.5. The molecule has 6 nitrogen and oxygen atoms in total. The highest BCUT2D eigenvalue weighted by molar-refractivity contribution is 6.22. The summed E-state index contributed by atoms with van der Waals surface area (Å²) in [5, 5.41) is 2.75. The van der Waals surface area contributed by atoms with E-state index in [1.807, 2.05) is 30.3 Å². The van der Waals surface area contributed by atoms with Crippen molar-refractivity contribution >= 4 is 23.4 Å². The van der Waals surface area contributed by atoms with Crippen LogP contribution in [0.5, 0.6) is 0 Å². The molecule has 0 bridgehead atoms. The molecule has 0 fully saturated rings. The van der Waals surface area contributed by atoms with E-state index in [0.717, 1.165) is 5.56 Å². The minimum Gasteiger partial charge on any atom is -0.464 e. The van der Waals surface area contributed by atoms with Gasteiger partial charge in [0.1, 0.15) is 6.04 Å². The van der Waals surface area contributed by atoms with E-state index < -0.39 is 17.4 Å². The summed E-state index contributed by atoms with van der Waals surface area (Å²) in [5.41, 5.74) is 1.12. The number of Topliss-reactive ketones (excluding diaryl/α,β-unsaturated/α-hetero) is 1. The van der Waals surface area contributed by atoms with Crippen LogP contribution < -0.4 is 5.32 Å². The first-order valence-electron chi connectivity index (χ1n) is 10.1. The van der Waals surface area contributed by atoms with Crippen LogP contribution in [-0.2, 0) is 30.3 Å². The molecule has 0 unspecified atom stereocenters. The first kappa shape index (κ1) is 23.3. The molecule has 0 spiro atoms. The molecule has 0 radical (unpaired) electrons. The van der Waals surface area contributed by atoms with Crippen molar-refractivity contribution < 1.29 is 23.9 Å². The van der Waals surface area contributed by atoms with Gasteiger partial charge in [-0.15, -0.1) is 0 Å². The fourth-order valence-corrected chi connectivity index (χ4v) is 3.79. The van der Waals surface area contributed by atoms with Crippen LogP contribution in [0.4, 0.5) is 0 Å². The third kappa shape index (κ3) is 5.53. The average Bonchev–Trinajstić information content (AvgIpc) is 2.66. The number of hydrogen-bond donors (Lipinski definition) is 1. The molecule has 160 valence electrons. The Hall–Kier alpha value is -3.02. The van der Waals surface area contributed by atoms with Crippen molar-refractivity contribution in [1.29, 1.82) is 0 Å². The van der Waals surface area contributed by atoms with Crippen LogP contribution in [0, 0.1) is 5.41 Å². The van der Waals surface area contributed by atoms with Gasteiger partial charge in [-0.3, -0.25) is 14.4 Å². The summed E-state index contributed by atoms with van der Waals surface area (Å²) in [6.07, 6.45) is 1.57. The van der Waals surface area contributed by atoms with Crippen molar-refractivity contribution in [3.63, 3.8) is 0 Å². The highest BCUT2D eigenvalue weighted by Gasteiger charge is 2.36. The molecule has 6 heteroatoms. The zero-order valence-electron chi connectivity index (χ0n) is 18.2. The molecule has 0 heterocycles. The lowest BCUT2D eigenvalue weighted by atomic mass is 9.73. The zero-order chi connectivity index (χ0) is 22.5. The van der Waals surface area contributed by atoms with Gasteiger partial charge in [-0.2, -0.15) is 0 Å². The van der Waals surface area contributed by atoms with Gasteiger partial charge in [0.15, 0.2) is 11.6 Å². The number of esters is 1. The summed E-state index contributed by atoms with van der Waals surface area (Å²) in [6, 6.07) is 8.50. The maximum atomic E-state index is 12.8. The highest BCUT2D eigenvalue weighted by Crippen LogP contribution is 2.36. The van der Waals surface area contributed by atoms with Crippen LogP contribution in [-0.4, -0.2) is 36.1 Å². The van der Waals surface area contributed by atoms with Crippen molar-refractivity contribution in [3.05, 3.63) is 58.7 Å². The molecule has 2 rings (SSSR count). The third-order valence-corrected chi connectivity index (χ3v) is 5.14. The molecule has 0 saturated heterocycles. The molecule has 0 aromatic heterocycles. The Morgan fingerprint density at radius 1 is 1.10 bits per heavy atom. The Bertz CT molecular complexity index is 909. The van der Waals surface area contributed by atoms with E-state index in [1.165, 1.54) is 6.08 Å². The summed E-state index contributed by atoms with van der Waals surface area (Å²) >= 11 is 0. The van der Waals surface area contributed by atoms with Gasteiger partial charge in [-0.1, -0.05) is 44.2 Å². The van der Waals surface area contributed by atoms with Gasteiger partial charge in [0.05, 0.1) is 6.61 Å². The summed E-state index contributed by atoms with van der Waals surface area (Å²) in [7, 11) is 0. The number of allylic oxidation sites excluding steroid dienone is 4. The minimum absolute atomic E-state index is 0.0454. The van der Waals surface area contributed by atoms with Crippen LogP contribution in [0.1, 0.15) is 46.6 Å². The van der Waals surface area contributed by atoms with E-state index in [0.29, 0.717) is 23.1 Å². The number of carbonyl (C=O) groups is 4. The molecule has 1 N–H and O–H groups in total. The monoisotopic (exact) mass is 411 g/mol. The van der Waals surface area contributed by atoms with Gasteiger partial charge < -0.3 is 10.1 Å². The molecule has 1 aliphatic rings. The Labute approximate surface area is 177 Å². The van der Waals surface area contributed by atoms with E-state index in [-0.39, 0.29) is 30.5 Å². The Kier molecular flexibility index (Phi) is 7.48. The average molecular weight is 411 g/mol. The Balaban J connectivity index is 2.18. The van der Waals surface area contributed by atoms with E-state index in [9.17, 15) is 19.2 Å². The molecule has 30 heavy (non-hydrogen) atoms. The number of ketones is 2. The van der Waals surface area contributed by atoms with E-state index in [4.69, 9.17) is 4.74 Å². The quantitative estimate of drug-likeness (QED) is 0.524. The van der Waals surface area contributed by atoms with Gasteiger partial charge in [0.25, 0.3) is 0 Å². The predicted octanol–water partition coefficient (Wildman–Crippen LogP) is 3.11. The summed E-state index contributed by atoms with van der Waals surface area (Å²) in [4.78, 5) is 50.1. The first-order valence-corrected chi connectivity index (χ1v) is 10.1. The zero-order valence-corrected chi connectivity index (χ0v) is 18.2. The van der Waals surface area contributed by atoms with E-state index in [2.05, 4.69) is 5.32 Å². The molecule has 1 atom stereocenters. The first-order chi connectivity index (χ1) is 14.1. The molecule has 1 aromatic carbocycles. The van der Waals surface area contributed by atoms with Gasteiger partial charge in [-0.05, 0) is 32.4 Å². The fourth-order valence-electron chi connectivity index (χ4n) is 3.79. The Morgan fingerprint density at radius 3 is 2.33 bits per heavy atom. The van der Waals surface area contributed by atoms with Crippen LogP contribution in [0.25, 0.3) is 0 Å². The van der Waals surface area contributed by atoms with E-state index in [1.54, 1.807) is 34.6 Å². The van der Waals surface area contributed by atoms with Crippen molar-refractivity contribution in [1.82, 2.24) is 5.32 Å². The second kappa shape index (κ2) is 9.65. The third-order valence-electron chi connectivity index (χ3n) is 5.14. The summed E-state index contributed by atoms with van der Waals surface area (Å²) < 4.78 is 5.11. The SMILES string of the molecule is CCOC(=O)[C@H](Cc1ccccc1)NC(=O)CC(C)(C)C1=C(C)C(=O)C(C)=CC1=O. The number of amides is 1. The molecular formula is C24H29NO5. The number of hydrogen-bond acceptors (Lipinski definition) is 5. The molecule has 1 aromatic rings. The lowest BCUT2D eigenvalue weighted by Crippen LogP contribution is -2.45. The standard InChI is InChI=1S/C24H29NO5/c1-6-30-23(29)18(13-17-10-8-7-9-11-17)25-20(27)14-24(4,5)21-16(3)22(28)15(2)12-19(21)26/h7-12,18H,6,13-14H2,1-5H3,(H,25,27)/t18-/m0/s1. The van der Waals surface area contributed by atoms with Crippen molar-refractivity contribution in [2.75, 3.05) is 6.61 Å². The van der Waals surface area contributed by atoms with Crippen LogP contribution >= 0.6 is 0 Å². The largest absolute Gasteiger partial charge is 0.464 e. The minimum atomic E-state index is -0.871. The topological polar surface area (TPSA) is 89.5 Å². The van der Waals surface area contributed by atoms with Crippen LogP contribution in [0.2, 0.25) is 0 Å². The lowest BCUT2D eigenvalue weighted by molar-refractivity contribution is -0.147. The molecule has 1 aliphatic carbocycles. The maximum Gasteiger partial charge on any atom is 0.328 e. The van der Waals surface area contributed by atoms with Gasteiger partial charge >= 0.3 is 5.97 Å². The number of ether oxygens (including phenoxy) is 1. The molecule has 0 aliphatic heterocycles. The van der Waals surface area contributed by atoms with Gasteiger partial charge in [0.2, 0.25) is 5.91 Å². The van der Waals surface area contributed by atoms with Crippen molar-refractivity contribution in [2.45, 2.75) is 53.5 Å². The van der Waals surface area contributed by atoms with Gasteiger partial charge in [-0.25, -0.2) is 4.79 Å². The molecular weight excluding hydrogens is 382 g/mol. The predicted molar refractivity (Wildman–Crippen MR) is 114 cm³/mol. The van der Waals surface area contributed by atoms with Gasteiger partial charge in [0, 0.05) is 35.0 Å². The number of carbonyl (C=O) groups excluding carboxylic acids is 4. The number of nitrogens with one attached hydrogen (secondary N) is 1. The lowest BCUT2D eigenvalue weighted by Gasteiger charge is -2.30.